The van der Waals surface area contributed by atoms with Crippen LogP contribution in [0, 0.1) is 0 Å². The van der Waals surface area contributed by atoms with E-state index >= 15 is 0 Å². The zero-order valence-electron chi connectivity index (χ0n) is 6.78. The number of carbonyl (C=O) groups is 1. The van der Waals surface area contributed by atoms with E-state index in [4.69, 9.17) is 0 Å². The minimum absolute atomic E-state index is 0.232. The van der Waals surface area contributed by atoms with Crippen LogP contribution < -0.4 is 0 Å². The van der Waals surface area contributed by atoms with Crippen molar-refractivity contribution in [2.75, 3.05) is 0 Å². The summed E-state index contributed by atoms with van der Waals surface area (Å²) in [7, 11) is 0. The smallest absolute Gasteiger partial charge is 0.241 e. The van der Waals surface area contributed by atoms with Crippen molar-refractivity contribution in [2.45, 2.75) is 6.92 Å². The molecule has 0 atom stereocenters. The first kappa shape index (κ1) is 8.53. The molecule has 0 fully saturated rings. The van der Waals surface area contributed by atoms with Gasteiger partial charge in [-0.25, -0.2) is 9.90 Å². The molecular weight excluding hydrogens is 152 g/mol. The molecule has 0 heterocycles. The Kier molecular flexibility index (Phi) is 2.64. The first-order valence-corrected chi connectivity index (χ1v) is 3.68. The van der Waals surface area contributed by atoms with Crippen LogP contribution in [0.1, 0.15) is 12.5 Å². The van der Waals surface area contributed by atoms with E-state index in [0.717, 1.165) is 0 Å². The largest absolute Gasteiger partial charge is 0.386 e. The lowest BCUT2D eigenvalue weighted by molar-refractivity contribution is -0.136. The van der Waals surface area contributed by atoms with Gasteiger partial charge in [0.05, 0.1) is 5.57 Å². The molecule has 0 unspecified atom stereocenters. The third-order valence-corrected chi connectivity index (χ3v) is 1.59. The highest BCUT2D eigenvalue weighted by atomic mass is 16.4. The Bertz CT molecular complexity index is 299. The number of allylic oxidation sites excluding steroid dienone is 1. The maximum Gasteiger partial charge on any atom is 0.386 e. The van der Waals surface area contributed by atoms with Gasteiger partial charge in [0.1, 0.15) is 0 Å². The molecule has 0 aliphatic rings. The van der Waals surface area contributed by atoms with Crippen molar-refractivity contribution in [3.8, 4) is 0 Å². The summed E-state index contributed by atoms with van der Waals surface area (Å²) >= 11 is 0. The second-order valence-electron chi connectivity index (χ2n) is 2.36. The van der Waals surface area contributed by atoms with Gasteiger partial charge < -0.3 is 0 Å². The van der Waals surface area contributed by atoms with Gasteiger partial charge >= 0.3 is 5.97 Å². The molecule has 0 bridgehead atoms. The molecule has 1 aromatic carbocycles. The molecule has 0 saturated carbocycles. The van der Waals surface area contributed by atoms with E-state index in [0.29, 0.717) is 5.56 Å². The van der Waals surface area contributed by atoms with E-state index in [9.17, 15) is 9.90 Å². The Morgan fingerprint density at radius 2 is 1.83 bits per heavy atom. The van der Waals surface area contributed by atoms with E-state index in [1.807, 2.05) is 6.07 Å². The molecule has 1 aromatic rings. The molecule has 1 rings (SSSR count). The number of rotatable bonds is 2. The highest BCUT2D eigenvalue weighted by molar-refractivity contribution is 6.14. The minimum Gasteiger partial charge on any atom is -0.241 e. The zero-order valence-corrected chi connectivity index (χ0v) is 6.78. The van der Waals surface area contributed by atoms with E-state index in [1.54, 1.807) is 31.2 Å². The lowest BCUT2D eigenvalue weighted by Crippen LogP contribution is -1.96. The van der Waals surface area contributed by atoms with Crippen LogP contribution in [0.25, 0.3) is 5.57 Å². The average Bonchev–Trinajstić information content (AvgIpc) is 2.07. The molecule has 0 N–H and O–H groups in total. The summed E-state index contributed by atoms with van der Waals surface area (Å²) in [6.07, 6.45) is 1.53. The summed E-state index contributed by atoms with van der Waals surface area (Å²) in [5, 5.41) is 10.6. The fourth-order valence-electron chi connectivity index (χ4n) is 1.02. The average molecular weight is 161 g/mol. The topological polar surface area (TPSA) is 37.0 Å². The second kappa shape index (κ2) is 3.72. The SMILES string of the molecule is C/C=C(\C([O])=O)c1ccccc1. The predicted molar refractivity (Wildman–Crippen MR) is 45.8 cm³/mol. The molecule has 12 heavy (non-hydrogen) atoms. The van der Waals surface area contributed by atoms with E-state index in [2.05, 4.69) is 0 Å². The molecule has 0 aromatic heterocycles. The molecule has 0 aliphatic heterocycles. The van der Waals surface area contributed by atoms with Gasteiger partial charge in [-0.1, -0.05) is 36.4 Å². The van der Waals surface area contributed by atoms with Crippen molar-refractivity contribution < 1.29 is 9.90 Å². The molecule has 1 radical (unpaired) electrons. The predicted octanol–water partition coefficient (Wildman–Crippen LogP) is 2.05. The number of benzene rings is 1. The van der Waals surface area contributed by atoms with Crippen molar-refractivity contribution in [3.63, 3.8) is 0 Å². The summed E-state index contributed by atoms with van der Waals surface area (Å²) in [6, 6.07) is 8.91. The monoisotopic (exact) mass is 161 g/mol. The quantitative estimate of drug-likeness (QED) is 0.611. The summed E-state index contributed by atoms with van der Waals surface area (Å²) in [5.74, 6) is -1.14. The van der Waals surface area contributed by atoms with Crippen LogP contribution in [-0.2, 0) is 9.90 Å². The first-order chi connectivity index (χ1) is 5.75. The third-order valence-electron chi connectivity index (χ3n) is 1.59. The van der Waals surface area contributed by atoms with Crippen molar-refractivity contribution >= 4 is 11.5 Å². The van der Waals surface area contributed by atoms with Gasteiger partial charge in [0.2, 0.25) is 0 Å². The van der Waals surface area contributed by atoms with Gasteiger partial charge in [-0.15, -0.1) is 0 Å². The van der Waals surface area contributed by atoms with Gasteiger partial charge in [-0.3, -0.25) is 0 Å². The highest BCUT2D eigenvalue weighted by Crippen LogP contribution is 2.13. The Morgan fingerprint density at radius 1 is 1.25 bits per heavy atom. The summed E-state index contributed by atoms with van der Waals surface area (Å²) in [5.41, 5.74) is 0.913. The van der Waals surface area contributed by atoms with Gasteiger partial charge in [0.15, 0.2) is 0 Å². The fourth-order valence-corrected chi connectivity index (χ4v) is 1.02. The van der Waals surface area contributed by atoms with Crippen LogP contribution in [0.2, 0.25) is 0 Å². The number of hydrogen-bond acceptors (Lipinski definition) is 1. The van der Waals surface area contributed by atoms with Crippen molar-refractivity contribution in [2.24, 2.45) is 0 Å². The minimum atomic E-state index is -1.14. The summed E-state index contributed by atoms with van der Waals surface area (Å²) in [6.45, 7) is 1.68. The third kappa shape index (κ3) is 1.72. The van der Waals surface area contributed by atoms with E-state index < -0.39 is 5.97 Å². The van der Waals surface area contributed by atoms with Crippen molar-refractivity contribution in [1.29, 1.82) is 0 Å². The van der Waals surface area contributed by atoms with Crippen LogP contribution in [0.3, 0.4) is 0 Å². The zero-order chi connectivity index (χ0) is 8.97. The normalized spacial score (nSPS) is 11.2. The van der Waals surface area contributed by atoms with Crippen LogP contribution in [0.15, 0.2) is 36.4 Å². The number of hydrogen-bond donors (Lipinski definition) is 0. The molecule has 61 valence electrons. The van der Waals surface area contributed by atoms with Gasteiger partial charge in [0, 0.05) is 0 Å². The molecule has 0 saturated heterocycles. The molecule has 0 spiro atoms. The second-order valence-corrected chi connectivity index (χ2v) is 2.36. The Morgan fingerprint density at radius 3 is 2.25 bits per heavy atom. The van der Waals surface area contributed by atoms with Crippen LogP contribution >= 0.6 is 0 Å². The molecule has 0 aliphatic carbocycles. The molecule has 2 nitrogen and oxygen atoms in total. The van der Waals surface area contributed by atoms with Crippen LogP contribution in [0.5, 0.6) is 0 Å². The molecular formula is C10H9O2. The van der Waals surface area contributed by atoms with Crippen molar-refractivity contribution in [1.82, 2.24) is 0 Å². The Labute approximate surface area is 71.2 Å². The Hall–Kier alpha value is -1.57. The number of carbonyl (C=O) groups excluding carboxylic acids is 1. The lowest BCUT2D eigenvalue weighted by Gasteiger charge is -1.97. The first-order valence-electron chi connectivity index (χ1n) is 3.68. The van der Waals surface area contributed by atoms with Gasteiger partial charge in [0.25, 0.3) is 0 Å². The maximum absolute atomic E-state index is 10.6. The van der Waals surface area contributed by atoms with Gasteiger partial charge in [-0.05, 0) is 12.5 Å². The summed E-state index contributed by atoms with van der Waals surface area (Å²) in [4.78, 5) is 10.6. The fraction of sp³-hybridized carbons (Fsp3) is 0.100. The lowest BCUT2D eigenvalue weighted by atomic mass is 10.1. The Balaban J connectivity index is 3.05. The molecule has 2 heteroatoms. The summed E-state index contributed by atoms with van der Waals surface area (Å²) < 4.78 is 0. The highest BCUT2D eigenvalue weighted by Gasteiger charge is 2.09. The van der Waals surface area contributed by atoms with E-state index in [-0.39, 0.29) is 5.57 Å². The standard InChI is InChI=1S/C10H9O2/c1-2-9(10(11)12)8-6-4-3-5-7-8/h2-7H,1H3/b9-2-. The van der Waals surface area contributed by atoms with Crippen molar-refractivity contribution in [3.05, 3.63) is 42.0 Å². The molecule has 0 amide bonds. The van der Waals surface area contributed by atoms with E-state index in [1.165, 1.54) is 6.08 Å². The van der Waals surface area contributed by atoms with Crippen LogP contribution in [-0.4, -0.2) is 5.97 Å². The van der Waals surface area contributed by atoms with Crippen LogP contribution in [0.4, 0.5) is 0 Å². The van der Waals surface area contributed by atoms with Gasteiger partial charge in [-0.2, -0.15) is 0 Å². The maximum atomic E-state index is 10.6.